The van der Waals surface area contributed by atoms with E-state index in [1.165, 1.54) is 21.6 Å². The van der Waals surface area contributed by atoms with Crippen molar-refractivity contribution in [3.05, 3.63) is 57.2 Å². The summed E-state index contributed by atoms with van der Waals surface area (Å²) in [7, 11) is 0. The van der Waals surface area contributed by atoms with Crippen molar-refractivity contribution in [3.63, 3.8) is 0 Å². The number of para-hydroxylation sites is 2. The molecule has 2 aromatic carbocycles. The van der Waals surface area contributed by atoms with Gasteiger partial charge < -0.3 is 15.3 Å². The van der Waals surface area contributed by atoms with Crippen molar-refractivity contribution in [3.8, 4) is 0 Å². The van der Waals surface area contributed by atoms with Crippen LogP contribution in [0.4, 0.5) is 11.4 Å². The molecule has 1 saturated heterocycles. The van der Waals surface area contributed by atoms with Gasteiger partial charge in [-0.3, -0.25) is 9.69 Å². The number of hydrogen-bond donors (Lipinski definition) is 2. The number of nitrogens with zero attached hydrogens (tertiary/aromatic N) is 2. The molecule has 4 rings (SSSR count). The molecule has 5 nitrogen and oxygen atoms in total. The van der Waals surface area contributed by atoms with Crippen LogP contribution < -0.4 is 10.2 Å². The fourth-order valence-electron chi connectivity index (χ4n) is 4.44. The molecule has 0 spiro atoms. The fraction of sp³-hybridized carbons (Fsp3) is 0.409. The molecule has 1 aliphatic carbocycles. The first-order chi connectivity index (χ1) is 13.5. The van der Waals surface area contributed by atoms with E-state index in [0.29, 0.717) is 0 Å². The maximum atomic E-state index is 11.5. The minimum atomic E-state index is -0.318. The number of piperazine rings is 1. The zero-order chi connectivity index (χ0) is 19.7. The Morgan fingerprint density at radius 3 is 2.57 bits per heavy atom. The van der Waals surface area contributed by atoms with E-state index in [0.717, 1.165) is 50.4 Å². The standard InChI is InChI=1S/C22H26IN3O2/c1-15(27)24-19-7-2-3-8-20(19)25-9-11-26(12-10-25)21-13-16-5-4-6-18(23)17(16)14-22(21)28/h2-8,21-22,28H,9-14H2,1H3,(H,24,27)/t21-,22+/m0/s1. The van der Waals surface area contributed by atoms with Crippen LogP contribution in [0.25, 0.3) is 0 Å². The summed E-state index contributed by atoms with van der Waals surface area (Å²) in [6, 6.07) is 14.6. The van der Waals surface area contributed by atoms with Crippen molar-refractivity contribution in [2.45, 2.75) is 31.9 Å². The molecule has 2 aromatic rings. The van der Waals surface area contributed by atoms with Gasteiger partial charge in [0.2, 0.25) is 5.91 Å². The van der Waals surface area contributed by atoms with Crippen LogP contribution in [0.2, 0.25) is 0 Å². The van der Waals surface area contributed by atoms with Crippen LogP contribution in [-0.2, 0) is 17.6 Å². The molecule has 0 bridgehead atoms. The second-order valence-electron chi connectivity index (χ2n) is 7.64. The summed E-state index contributed by atoms with van der Waals surface area (Å²) in [5.74, 6) is -0.0512. The number of aliphatic hydroxyl groups excluding tert-OH is 1. The van der Waals surface area contributed by atoms with Crippen LogP contribution in [-0.4, -0.2) is 54.2 Å². The van der Waals surface area contributed by atoms with E-state index in [-0.39, 0.29) is 18.1 Å². The molecule has 2 aliphatic rings. The van der Waals surface area contributed by atoms with Gasteiger partial charge in [-0.2, -0.15) is 0 Å². The Kier molecular flexibility index (Phi) is 5.89. The van der Waals surface area contributed by atoms with E-state index in [1.807, 2.05) is 18.2 Å². The lowest BCUT2D eigenvalue weighted by Gasteiger charge is -2.44. The molecule has 28 heavy (non-hydrogen) atoms. The molecule has 6 heteroatoms. The van der Waals surface area contributed by atoms with Gasteiger partial charge in [0.05, 0.1) is 17.5 Å². The normalized spacial score (nSPS) is 22.6. The quantitative estimate of drug-likeness (QED) is 0.649. The summed E-state index contributed by atoms with van der Waals surface area (Å²) in [6.07, 6.45) is 1.34. The van der Waals surface area contributed by atoms with Crippen molar-refractivity contribution in [2.75, 3.05) is 36.4 Å². The number of fused-ring (bicyclic) bond motifs is 1. The van der Waals surface area contributed by atoms with Crippen LogP contribution in [0, 0.1) is 3.57 Å². The molecule has 0 radical (unpaired) electrons. The number of benzene rings is 2. The maximum absolute atomic E-state index is 11.5. The molecule has 1 amide bonds. The highest BCUT2D eigenvalue weighted by molar-refractivity contribution is 14.1. The third-order valence-electron chi connectivity index (χ3n) is 5.84. The molecule has 1 aliphatic heterocycles. The molecule has 0 aromatic heterocycles. The highest BCUT2D eigenvalue weighted by atomic mass is 127. The first-order valence-electron chi connectivity index (χ1n) is 9.83. The topological polar surface area (TPSA) is 55.8 Å². The number of amides is 1. The molecule has 1 fully saturated rings. The lowest BCUT2D eigenvalue weighted by Crippen LogP contribution is -2.56. The molecular formula is C22H26IN3O2. The highest BCUT2D eigenvalue weighted by Gasteiger charge is 2.34. The van der Waals surface area contributed by atoms with Crippen LogP contribution >= 0.6 is 22.6 Å². The Balaban J connectivity index is 1.44. The zero-order valence-electron chi connectivity index (χ0n) is 16.1. The molecule has 148 valence electrons. The van der Waals surface area contributed by atoms with Crippen molar-refractivity contribution in [1.82, 2.24) is 4.90 Å². The van der Waals surface area contributed by atoms with E-state index in [9.17, 15) is 9.90 Å². The van der Waals surface area contributed by atoms with Gasteiger partial charge in [0.1, 0.15) is 0 Å². The van der Waals surface area contributed by atoms with E-state index in [4.69, 9.17) is 0 Å². The predicted molar refractivity (Wildman–Crippen MR) is 121 cm³/mol. The highest BCUT2D eigenvalue weighted by Crippen LogP contribution is 2.31. The summed E-state index contributed by atoms with van der Waals surface area (Å²) in [6.45, 7) is 5.14. The largest absolute Gasteiger partial charge is 0.391 e. The summed E-state index contributed by atoms with van der Waals surface area (Å²) >= 11 is 2.37. The smallest absolute Gasteiger partial charge is 0.221 e. The summed E-state index contributed by atoms with van der Waals surface area (Å²) in [4.78, 5) is 16.3. The molecule has 0 saturated carbocycles. The maximum Gasteiger partial charge on any atom is 0.221 e. The summed E-state index contributed by atoms with van der Waals surface area (Å²) in [5.41, 5.74) is 4.63. The van der Waals surface area contributed by atoms with Gasteiger partial charge in [-0.25, -0.2) is 0 Å². The van der Waals surface area contributed by atoms with Crippen LogP contribution in [0.15, 0.2) is 42.5 Å². The number of carbonyl (C=O) groups is 1. The fourth-order valence-corrected chi connectivity index (χ4v) is 5.22. The Hall–Kier alpha value is -1.64. The number of carbonyl (C=O) groups excluding carboxylic acids is 1. The van der Waals surface area contributed by atoms with Gasteiger partial charge in [-0.15, -0.1) is 0 Å². The molecule has 2 atom stereocenters. The average Bonchev–Trinajstić information content (AvgIpc) is 2.69. The van der Waals surface area contributed by atoms with Crippen molar-refractivity contribution in [2.24, 2.45) is 0 Å². The first-order valence-corrected chi connectivity index (χ1v) is 10.9. The van der Waals surface area contributed by atoms with E-state index < -0.39 is 0 Å². The van der Waals surface area contributed by atoms with E-state index in [1.54, 1.807) is 0 Å². The average molecular weight is 491 g/mol. The third kappa shape index (κ3) is 4.04. The van der Waals surface area contributed by atoms with E-state index >= 15 is 0 Å². The van der Waals surface area contributed by atoms with Gasteiger partial charge in [0, 0.05) is 49.1 Å². The number of aliphatic hydroxyl groups is 1. The number of nitrogens with one attached hydrogen (secondary N) is 1. The van der Waals surface area contributed by atoms with Crippen LogP contribution in [0.5, 0.6) is 0 Å². The lowest BCUT2D eigenvalue weighted by molar-refractivity contribution is -0.114. The number of halogens is 1. The van der Waals surface area contributed by atoms with Gasteiger partial charge in [-0.1, -0.05) is 24.3 Å². The zero-order valence-corrected chi connectivity index (χ0v) is 18.2. The van der Waals surface area contributed by atoms with Gasteiger partial charge >= 0.3 is 0 Å². The molecule has 1 heterocycles. The van der Waals surface area contributed by atoms with Crippen molar-refractivity contribution in [1.29, 1.82) is 0 Å². The lowest BCUT2D eigenvalue weighted by atomic mass is 9.85. The van der Waals surface area contributed by atoms with Crippen LogP contribution in [0.1, 0.15) is 18.1 Å². The Morgan fingerprint density at radius 1 is 1.07 bits per heavy atom. The third-order valence-corrected chi connectivity index (χ3v) is 6.85. The monoisotopic (exact) mass is 491 g/mol. The number of rotatable bonds is 3. The SMILES string of the molecule is CC(=O)Nc1ccccc1N1CCN([C@H]2Cc3cccc(I)c3C[C@H]2O)CC1. The molecule has 0 unspecified atom stereocenters. The minimum absolute atomic E-state index is 0.0512. The predicted octanol–water partition coefficient (Wildman–Crippen LogP) is 2.90. The van der Waals surface area contributed by atoms with Crippen molar-refractivity contribution < 1.29 is 9.90 Å². The van der Waals surface area contributed by atoms with Gasteiger partial charge in [-0.05, 0) is 58.3 Å². The Labute approximate surface area is 179 Å². The minimum Gasteiger partial charge on any atom is -0.391 e. The van der Waals surface area contributed by atoms with E-state index in [2.05, 4.69) is 62.0 Å². The summed E-state index contributed by atoms with van der Waals surface area (Å²) < 4.78 is 1.26. The first kappa shape index (κ1) is 19.7. The Morgan fingerprint density at radius 2 is 1.82 bits per heavy atom. The number of hydrogen-bond acceptors (Lipinski definition) is 4. The number of anilines is 2. The van der Waals surface area contributed by atoms with Crippen molar-refractivity contribution >= 4 is 39.9 Å². The molecule has 2 N–H and O–H groups in total. The Bertz CT molecular complexity index is 865. The second-order valence-corrected chi connectivity index (χ2v) is 8.80. The van der Waals surface area contributed by atoms with Gasteiger partial charge in [0.15, 0.2) is 0 Å². The van der Waals surface area contributed by atoms with Gasteiger partial charge in [0.25, 0.3) is 0 Å². The second kappa shape index (κ2) is 8.39. The molecular weight excluding hydrogens is 465 g/mol. The van der Waals surface area contributed by atoms with Crippen LogP contribution in [0.3, 0.4) is 0 Å². The summed E-state index contributed by atoms with van der Waals surface area (Å²) in [5, 5.41) is 13.7.